The smallest absolute Gasteiger partial charge is 0.342 e. The summed E-state index contributed by atoms with van der Waals surface area (Å²) >= 11 is 0. The van der Waals surface area contributed by atoms with Crippen LogP contribution in [0.5, 0.6) is 0 Å². The summed E-state index contributed by atoms with van der Waals surface area (Å²) in [5.74, 6) is 0.867. The van der Waals surface area contributed by atoms with Crippen molar-refractivity contribution >= 4 is 5.91 Å². The molecule has 0 saturated carbocycles. The zero-order valence-electron chi connectivity index (χ0n) is 16.2. The highest BCUT2D eigenvalue weighted by atomic mass is 16.2. The molecule has 146 valence electrons. The molecule has 1 aliphatic rings. The molecule has 0 aliphatic carbocycles. The second-order valence-corrected chi connectivity index (χ2v) is 7.09. The number of pyridine rings is 1. The van der Waals surface area contributed by atoms with Crippen LogP contribution >= 0.6 is 0 Å². The molecule has 1 fully saturated rings. The van der Waals surface area contributed by atoms with E-state index in [2.05, 4.69) is 5.10 Å². The fraction of sp³-hybridized carbons (Fsp3) is 0.579. The molecule has 0 radical (unpaired) electrons. The third-order valence-corrected chi connectivity index (χ3v) is 5.31. The Hall–Kier alpha value is -2.64. The minimum Gasteiger partial charge on any atom is -0.342 e. The predicted molar refractivity (Wildman–Crippen MR) is 102 cm³/mol. The van der Waals surface area contributed by atoms with E-state index in [4.69, 9.17) is 0 Å². The van der Waals surface area contributed by atoms with Gasteiger partial charge in [0, 0.05) is 57.3 Å². The molecule has 3 rings (SSSR count). The number of aryl methyl sites for hydroxylation is 2. The topological polar surface area (TPSA) is 82.1 Å². The van der Waals surface area contributed by atoms with Crippen LogP contribution in [0.1, 0.15) is 43.6 Å². The van der Waals surface area contributed by atoms with E-state index in [1.54, 1.807) is 22.2 Å². The van der Waals surface area contributed by atoms with E-state index in [0.29, 0.717) is 32.6 Å². The summed E-state index contributed by atoms with van der Waals surface area (Å²) < 4.78 is 4.68. The second kappa shape index (κ2) is 7.94. The van der Waals surface area contributed by atoms with Crippen molar-refractivity contribution in [2.75, 3.05) is 13.1 Å². The van der Waals surface area contributed by atoms with Crippen LogP contribution in [0.25, 0.3) is 0 Å². The van der Waals surface area contributed by atoms with Crippen molar-refractivity contribution in [3.05, 3.63) is 50.6 Å². The van der Waals surface area contributed by atoms with Gasteiger partial charge in [-0.15, -0.1) is 0 Å². The molecule has 2 aromatic rings. The Morgan fingerprint density at radius 1 is 1.26 bits per heavy atom. The molecular weight excluding hydrogens is 346 g/mol. The highest BCUT2D eigenvalue weighted by molar-refractivity contribution is 5.76. The number of hydrogen-bond donors (Lipinski definition) is 0. The molecule has 1 atom stereocenters. The maximum Gasteiger partial charge on any atom is 0.345 e. The lowest BCUT2D eigenvalue weighted by atomic mass is 9.97. The van der Waals surface area contributed by atoms with Crippen LogP contribution in [-0.4, -0.2) is 42.8 Å². The molecule has 8 nitrogen and oxygen atoms in total. The van der Waals surface area contributed by atoms with Crippen molar-refractivity contribution in [1.82, 2.24) is 23.8 Å². The number of rotatable bonds is 5. The molecule has 1 aliphatic heterocycles. The third kappa shape index (κ3) is 3.89. The SMILES string of the molecule is CCn1c([C@@H]2CCCN(C(=O)CCn3c(C)cccc3=O)C2)nn(C)c1=O. The highest BCUT2D eigenvalue weighted by Crippen LogP contribution is 2.25. The summed E-state index contributed by atoms with van der Waals surface area (Å²) in [5.41, 5.74) is 0.655. The van der Waals surface area contributed by atoms with Gasteiger partial charge in [0.15, 0.2) is 0 Å². The van der Waals surface area contributed by atoms with Gasteiger partial charge in [-0.3, -0.25) is 14.2 Å². The Morgan fingerprint density at radius 2 is 2.04 bits per heavy atom. The lowest BCUT2D eigenvalue weighted by Crippen LogP contribution is -2.40. The molecule has 1 saturated heterocycles. The number of nitrogens with zero attached hydrogens (tertiary/aromatic N) is 5. The lowest BCUT2D eigenvalue weighted by molar-refractivity contribution is -0.132. The van der Waals surface area contributed by atoms with Crippen molar-refractivity contribution < 1.29 is 4.79 Å². The molecule has 1 amide bonds. The van der Waals surface area contributed by atoms with Crippen LogP contribution in [0.15, 0.2) is 27.8 Å². The van der Waals surface area contributed by atoms with Crippen LogP contribution in [0.2, 0.25) is 0 Å². The van der Waals surface area contributed by atoms with Crippen LogP contribution in [0, 0.1) is 6.92 Å². The Balaban J connectivity index is 1.69. The van der Waals surface area contributed by atoms with Crippen molar-refractivity contribution in [3.63, 3.8) is 0 Å². The average molecular weight is 373 g/mol. The van der Waals surface area contributed by atoms with Gasteiger partial charge in [-0.1, -0.05) is 6.07 Å². The summed E-state index contributed by atoms with van der Waals surface area (Å²) in [6.45, 7) is 6.03. The number of aromatic nitrogens is 4. The van der Waals surface area contributed by atoms with E-state index in [9.17, 15) is 14.4 Å². The normalized spacial score (nSPS) is 17.3. The minimum absolute atomic E-state index is 0.0381. The quantitative estimate of drug-likeness (QED) is 0.779. The molecule has 0 unspecified atom stereocenters. The molecule has 0 aromatic carbocycles. The first-order valence-corrected chi connectivity index (χ1v) is 9.50. The summed E-state index contributed by atoms with van der Waals surface area (Å²) in [7, 11) is 1.66. The summed E-state index contributed by atoms with van der Waals surface area (Å²) in [6.07, 6.45) is 2.09. The van der Waals surface area contributed by atoms with Gasteiger partial charge in [0.2, 0.25) is 5.91 Å². The van der Waals surface area contributed by atoms with E-state index in [1.807, 2.05) is 24.8 Å². The second-order valence-electron chi connectivity index (χ2n) is 7.09. The van der Waals surface area contributed by atoms with E-state index < -0.39 is 0 Å². The number of amides is 1. The van der Waals surface area contributed by atoms with E-state index in [1.165, 1.54) is 10.7 Å². The highest BCUT2D eigenvalue weighted by Gasteiger charge is 2.28. The summed E-state index contributed by atoms with van der Waals surface area (Å²) in [6, 6.07) is 5.11. The maximum atomic E-state index is 12.7. The van der Waals surface area contributed by atoms with E-state index >= 15 is 0 Å². The first-order chi connectivity index (χ1) is 12.9. The molecule has 2 aromatic heterocycles. The summed E-state index contributed by atoms with van der Waals surface area (Å²) in [4.78, 5) is 38.7. The van der Waals surface area contributed by atoms with Gasteiger partial charge in [-0.05, 0) is 32.8 Å². The standard InChI is InChI=1S/C19H27N5O3/c1-4-23-18(20-21(3)19(23)27)15-8-6-11-22(13-15)16(25)10-12-24-14(2)7-5-9-17(24)26/h5,7,9,15H,4,6,8,10-13H2,1-3H3/t15-/m1/s1. The first kappa shape index (κ1) is 19.1. The van der Waals surface area contributed by atoms with E-state index in [-0.39, 0.29) is 23.1 Å². The Kier molecular flexibility index (Phi) is 5.62. The van der Waals surface area contributed by atoms with Crippen LogP contribution in [0.4, 0.5) is 0 Å². The van der Waals surface area contributed by atoms with Gasteiger partial charge in [-0.25, -0.2) is 9.48 Å². The number of hydrogen-bond acceptors (Lipinski definition) is 4. The van der Waals surface area contributed by atoms with Crippen molar-refractivity contribution in [1.29, 1.82) is 0 Å². The fourth-order valence-corrected chi connectivity index (χ4v) is 3.81. The summed E-state index contributed by atoms with van der Waals surface area (Å²) in [5, 5.41) is 4.40. The Bertz CT molecular complexity index is 940. The zero-order valence-corrected chi connectivity index (χ0v) is 16.2. The van der Waals surface area contributed by atoms with Crippen molar-refractivity contribution in [3.8, 4) is 0 Å². The van der Waals surface area contributed by atoms with Gasteiger partial charge in [-0.2, -0.15) is 5.10 Å². The molecule has 3 heterocycles. The lowest BCUT2D eigenvalue weighted by Gasteiger charge is -2.32. The first-order valence-electron chi connectivity index (χ1n) is 9.50. The van der Waals surface area contributed by atoms with Gasteiger partial charge in [0.1, 0.15) is 5.82 Å². The number of likely N-dealkylation sites (tertiary alicyclic amines) is 1. The van der Waals surface area contributed by atoms with Crippen LogP contribution in [0.3, 0.4) is 0 Å². The van der Waals surface area contributed by atoms with E-state index in [0.717, 1.165) is 24.4 Å². The average Bonchev–Trinajstić information content (AvgIpc) is 2.95. The molecule has 27 heavy (non-hydrogen) atoms. The van der Waals surface area contributed by atoms with Crippen molar-refractivity contribution in [2.45, 2.75) is 52.1 Å². The largest absolute Gasteiger partial charge is 0.345 e. The van der Waals surface area contributed by atoms with Crippen molar-refractivity contribution in [2.24, 2.45) is 7.05 Å². The molecule has 0 N–H and O–H groups in total. The van der Waals surface area contributed by atoms with Gasteiger partial charge < -0.3 is 9.47 Å². The Morgan fingerprint density at radius 3 is 2.74 bits per heavy atom. The number of carbonyl (C=O) groups excluding carboxylic acids is 1. The molecule has 0 spiro atoms. The molecule has 8 heteroatoms. The Labute approximate surface area is 158 Å². The van der Waals surface area contributed by atoms with Gasteiger partial charge in [0.05, 0.1) is 0 Å². The molecular formula is C19H27N5O3. The fourth-order valence-electron chi connectivity index (χ4n) is 3.81. The zero-order chi connectivity index (χ0) is 19.6. The predicted octanol–water partition coefficient (Wildman–Crippen LogP) is 0.868. The van der Waals surface area contributed by atoms with Crippen LogP contribution < -0.4 is 11.2 Å². The minimum atomic E-state index is -0.116. The van der Waals surface area contributed by atoms with Crippen LogP contribution in [-0.2, 0) is 24.9 Å². The molecule has 0 bridgehead atoms. The van der Waals surface area contributed by atoms with Gasteiger partial charge in [0.25, 0.3) is 5.56 Å². The number of piperidine rings is 1. The maximum absolute atomic E-state index is 12.7. The number of carbonyl (C=O) groups is 1. The van der Waals surface area contributed by atoms with Gasteiger partial charge >= 0.3 is 5.69 Å². The monoisotopic (exact) mass is 373 g/mol. The third-order valence-electron chi connectivity index (χ3n) is 5.31.